The number of benzene rings is 1. The number of piperidine rings is 1. The van der Waals surface area contributed by atoms with Crippen LogP contribution in [0.3, 0.4) is 0 Å². The first-order valence-electron chi connectivity index (χ1n) is 6.55. The molecule has 1 aromatic rings. The minimum Gasteiger partial charge on any atom is -0.354 e. The highest BCUT2D eigenvalue weighted by atomic mass is 35.5. The third kappa shape index (κ3) is 4.12. The zero-order valence-electron chi connectivity index (χ0n) is 10.9. The van der Waals surface area contributed by atoms with E-state index in [-0.39, 0.29) is 17.9 Å². The molecule has 2 rings (SSSR count). The van der Waals surface area contributed by atoms with E-state index < -0.39 is 0 Å². The Morgan fingerprint density at radius 1 is 1.40 bits per heavy atom. The Morgan fingerprint density at radius 3 is 2.90 bits per heavy atom. The van der Waals surface area contributed by atoms with Gasteiger partial charge in [-0.15, -0.1) is 0 Å². The van der Waals surface area contributed by atoms with Crippen LogP contribution in [0, 0.1) is 0 Å². The number of hydrogen-bond donors (Lipinski definition) is 2. The number of aryl methyl sites for hydroxylation is 1. The van der Waals surface area contributed by atoms with Crippen molar-refractivity contribution in [3.05, 3.63) is 33.8 Å². The lowest BCUT2D eigenvalue weighted by Crippen LogP contribution is -2.47. The van der Waals surface area contributed by atoms with Gasteiger partial charge in [-0.1, -0.05) is 35.3 Å². The molecule has 1 heterocycles. The molecule has 0 saturated carbocycles. The van der Waals surface area contributed by atoms with E-state index >= 15 is 0 Å². The summed E-state index contributed by atoms with van der Waals surface area (Å²) in [5.74, 6) is 0.00315. The zero-order valence-corrected chi connectivity index (χ0v) is 12.4. The minimum atomic E-state index is -0.0396. The van der Waals surface area contributed by atoms with Crippen molar-refractivity contribution in [2.75, 3.05) is 6.54 Å². The Balaban J connectivity index is 1.80. The van der Waals surface area contributed by atoms with Gasteiger partial charge in [0.15, 0.2) is 0 Å². The van der Waals surface area contributed by atoms with Gasteiger partial charge in [0, 0.05) is 25.4 Å². The fourth-order valence-corrected chi connectivity index (χ4v) is 2.56. The molecule has 1 unspecified atom stereocenters. The molecule has 4 nitrogen and oxygen atoms in total. The summed E-state index contributed by atoms with van der Waals surface area (Å²) in [5.41, 5.74) is 0.867. The molecule has 0 aliphatic carbocycles. The summed E-state index contributed by atoms with van der Waals surface area (Å²) in [6, 6.07) is 5.42. The highest BCUT2D eigenvalue weighted by Crippen LogP contribution is 2.26. The average molecular weight is 315 g/mol. The summed E-state index contributed by atoms with van der Waals surface area (Å²) in [7, 11) is 0. The summed E-state index contributed by atoms with van der Waals surface area (Å²) >= 11 is 12.0. The van der Waals surface area contributed by atoms with E-state index in [4.69, 9.17) is 23.2 Å². The second-order valence-electron chi connectivity index (χ2n) is 4.82. The number of carbonyl (C=O) groups is 2. The van der Waals surface area contributed by atoms with E-state index in [0.29, 0.717) is 42.3 Å². The van der Waals surface area contributed by atoms with E-state index in [1.54, 1.807) is 6.07 Å². The fraction of sp³-hybridized carbons (Fsp3) is 0.429. The van der Waals surface area contributed by atoms with Gasteiger partial charge >= 0.3 is 0 Å². The van der Waals surface area contributed by atoms with Gasteiger partial charge in [-0.2, -0.15) is 0 Å². The maximum absolute atomic E-state index is 11.9. The van der Waals surface area contributed by atoms with Gasteiger partial charge < -0.3 is 10.6 Å². The maximum atomic E-state index is 11.9. The van der Waals surface area contributed by atoms with Gasteiger partial charge in [0.25, 0.3) is 0 Å². The first-order valence-corrected chi connectivity index (χ1v) is 7.31. The molecular formula is C14H16Cl2N2O2. The molecule has 6 heteroatoms. The van der Waals surface area contributed by atoms with Gasteiger partial charge in [-0.3, -0.25) is 9.59 Å². The Labute approximate surface area is 127 Å². The van der Waals surface area contributed by atoms with Crippen molar-refractivity contribution in [2.45, 2.75) is 31.7 Å². The molecule has 2 amide bonds. The normalized spacial score (nSPS) is 18.5. The van der Waals surface area contributed by atoms with Crippen molar-refractivity contribution in [3.63, 3.8) is 0 Å². The average Bonchev–Trinajstić information content (AvgIpc) is 2.43. The Morgan fingerprint density at radius 2 is 2.20 bits per heavy atom. The summed E-state index contributed by atoms with van der Waals surface area (Å²) in [6.07, 6.45) is 2.05. The molecule has 1 atom stereocenters. The maximum Gasteiger partial charge on any atom is 0.220 e. The SMILES string of the molecule is O=C1CCC(NC(=O)CCc2cccc(Cl)c2Cl)CN1. The standard InChI is InChI=1S/C14H16Cl2N2O2/c15-11-3-1-2-9(14(11)16)4-6-13(20)18-10-5-7-12(19)17-8-10/h1-3,10H,4-8H2,(H,17,19)(H,18,20). The first kappa shape index (κ1) is 15.1. The molecule has 1 aromatic carbocycles. The summed E-state index contributed by atoms with van der Waals surface area (Å²) < 4.78 is 0. The molecule has 108 valence electrons. The molecule has 0 aromatic heterocycles. The van der Waals surface area contributed by atoms with Crippen molar-refractivity contribution in [1.82, 2.24) is 10.6 Å². The minimum absolute atomic E-state index is 0.0232. The molecule has 1 saturated heterocycles. The quantitative estimate of drug-likeness (QED) is 0.896. The molecule has 0 spiro atoms. The number of halogens is 2. The van der Waals surface area contributed by atoms with Gasteiger partial charge in [0.1, 0.15) is 0 Å². The third-order valence-corrected chi connectivity index (χ3v) is 4.14. The van der Waals surface area contributed by atoms with Crippen LogP contribution in [0.2, 0.25) is 10.0 Å². The van der Waals surface area contributed by atoms with Crippen molar-refractivity contribution in [3.8, 4) is 0 Å². The molecule has 0 radical (unpaired) electrons. The van der Waals surface area contributed by atoms with E-state index in [1.807, 2.05) is 12.1 Å². The number of rotatable bonds is 4. The molecule has 2 N–H and O–H groups in total. The third-order valence-electron chi connectivity index (χ3n) is 3.28. The van der Waals surface area contributed by atoms with E-state index in [1.165, 1.54) is 0 Å². The predicted molar refractivity (Wildman–Crippen MR) is 79.0 cm³/mol. The monoisotopic (exact) mass is 314 g/mol. The molecule has 1 aliphatic heterocycles. The van der Waals surface area contributed by atoms with Gasteiger partial charge in [-0.05, 0) is 24.5 Å². The van der Waals surface area contributed by atoms with Crippen LogP contribution in [0.25, 0.3) is 0 Å². The second-order valence-corrected chi connectivity index (χ2v) is 5.61. The highest BCUT2D eigenvalue weighted by molar-refractivity contribution is 6.42. The smallest absolute Gasteiger partial charge is 0.220 e. The second kappa shape index (κ2) is 6.95. The van der Waals surface area contributed by atoms with E-state index in [9.17, 15) is 9.59 Å². The molecule has 1 fully saturated rings. The van der Waals surface area contributed by atoms with Crippen LogP contribution in [-0.2, 0) is 16.0 Å². The van der Waals surface area contributed by atoms with Crippen LogP contribution in [-0.4, -0.2) is 24.4 Å². The Kier molecular flexibility index (Phi) is 5.26. The predicted octanol–water partition coefficient (Wildman–Crippen LogP) is 2.32. The van der Waals surface area contributed by atoms with Crippen LogP contribution in [0.4, 0.5) is 0 Å². The van der Waals surface area contributed by atoms with Gasteiger partial charge in [0.05, 0.1) is 10.0 Å². The van der Waals surface area contributed by atoms with Gasteiger partial charge in [-0.25, -0.2) is 0 Å². The van der Waals surface area contributed by atoms with Crippen LogP contribution >= 0.6 is 23.2 Å². The van der Waals surface area contributed by atoms with Crippen LogP contribution < -0.4 is 10.6 Å². The van der Waals surface area contributed by atoms with Crippen LogP contribution in [0.5, 0.6) is 0 Å². The molecular weight excluding hydrogens is 299 g/mol. The fourth-order valence-electron chi connectivity index (χ4n) is 2.15. The zero-order chi connectivity index (χ0) is 14.5. The van der Waals surface area contributed by atoms with Crippen molar-refractivity contribution < 1.29 is 9.59 Å². The van der Waals surface area contributed by atoms with Crippen molar-refractivity contribution in [1.29, 1.82) is 0 Å². The molecule has 0 bridgehead atoms. The van der Waals surface area contributed by atoms with Crippen molar-refractivity contribution >= 4 is 35.0 Å². The summed E-state index contributed by atoms with van der Waals surface area (Å²) in [4.78, 5) is 22.9. The lowest BCUT2D eigenvalue weighted by Gasteiger charge is -2.23. The molecule has 1 aliphatic rings. The Hall–Kier alpha value is -1.26. The number of nitrogens with one attached hydrogen (secondary N) is 2. The lowest BCUT2D eigenvalue weighted by atomic mass is 10.1. The van der Waals surface area contributed by atoms with E-state index in [2.05, 4.69) is 10.6 Å². The number of carbonyl (C=O) groups excluding carboxylic acids is 2. The highest BCUT2D eigenvalue weighted by Gasteiger charge is 2.19. The summed E-state index contributed by atoms with van der Waals surface area (Å²) in [6.45, 7) is 0.502. The molecule has 20 heavy (non-hydrogen) atoms. The van der Waals surface area contributed by atoms with E-state index in [0.717, 1.165) is 5.56 Å². The Bertz CT molecular complexity index is 510. The van der Waals surface area contributed by atoms with Crippen molar-refractivity contribution in [2.24, 2.45) is 0 Å². The lowest BCUT2D eigenvalue weighted by molar-refractivity contribution is -0.125. The summed E-state index contributed by atoms with van der Waals surface area (Å²) in [5, 5.41) is 6.66. The van der Waals surface area contributed by atoms with Gasteiger partial charge in [0.2, 0.25) is 11.8 Å². The van der Waals surface area contributed by atoms with Crippen LogP contribution in [0.15, 0.2) is 18.2 Å². The van der Waals surface area contributed by atoms with Crippen LogP contribution in [0.1, 0.15) is 24.8 Å². The number of amides is 2. The number of hydrogen-bond acceptors (Lipinski definition) is 2. The first-order chi connectivity index (χ1) is 9.56. The largest absolute Gasteiger partial charge is 0.354 e. The topological polar surface area (TPSA) is 58.2 Å².